The molecule has 0 aromatic heterocycles. The molecule has 0 aliphatic heterocycles. The van der Waals surface area contributed by atoms with Crippen LogP contribution in [0, 0.1) is 0 Å². The monoisotopic (exact) mass is 156 g/mol. The van der Waals surface area contributed by atoms with Gasteiger partial charge in [0.05, 0.1) is 6.10 Å². The predicted molar refractivity (Wildman–Crippen MR) is 45.0 cm³/mol. The first-order valence-electron chi connectivity index (χ1n) is 4.12. The van der Waals surface area contributed by atoms with Crippen LogP contribution in [0.5, 0.6) is 0 Å². The van der Waals surface area contributed by atoms with E-state index >= 15 is 0 Å². The van der Waals surface area contributed by atoms with Crippen LogP contribution in [-0.4, -0.2) is 17.2 Å². The number of aliphatic hydroxyl groups is 1. The van der Waals surface area contributed by atoms with Gasteiger partial charge in [-0.15, -0.1) is 0 Å². The van der Waals surface area contributed by atoms with Gasteiger partial charge in [0.2, 0.25) is 0 Å². The fourth-order valence-electron chi connectivity index (χ4n) is 0.872. The van der Waals surface area contributed by atoms with Gasteiger partial charge in [-0.25, -0.2) is 4.79 Å². The molecule has 11 heavy (non-hydrogen) atoms. The van der Waals surface area contributed by atoms with E-state index in [1.807, 2.05) is 0 Å². The Hall–Kier alpha value is -0.590. The average molecular weight is 156 g/mol. The van der Waals surface area contributed by atoms with Crippen molar-refractivity contribution in [2.24, 2.45) is 0 Å². The Labute approximate surface area is 67.9 Å². The first-order chi connectivity index (χ1) is 5.22. The van der Waals surface area contributed by atoms with Gasteiger partial charge in [-0.1, -0.05) is 26.2 Å². The van der Waals surface area contributed by atoms with Gasteiger partial charge in [-0.2, -0.15) is 0 Å². The van der Waals surface area contributed by atoms with Crippen LogP contribution in [0.2, 0.25) is 0 Å². The van der Waals surface area contributed by atoms with E-state index in [-0.39, 0.29) is 0 Å². The zero-order valence-corrected chi connectivity index (χ0v) is 7.26. The normalized spacial score (nSPS) is 12.3. The van der Waals surface area contributed by atoms with Crippen molar-refractivity contribution in [2.75, 3.05) is 0 Å². The summed E-state index contributed by atoms with van der Waals surface area (Å²) in [6, 6.07) is 0. The summed E-state index contributed by atoms with van der Waals surface area (Å²) in [4.78, 5) is 10.1. The Morgan fingerprint density at radius 2 is 2.18 bits per heavy atom. The van der Waals surface area contributed by atoms with E-state index < -0.39 is 6.10 Å². The molecule has 0 saturated carbocycles. The third-order valence-electron chi connectivity index (χ3n) is 1.74. The van der Waals surface area contributed by atoms with Crippen molar-refractivity contribution in [2.45, 2.75) is 45.6 Å². The van der Waals surface area contributed by atoms with E-state index in [1.165, 1.54) is 0 Å². The molecule has 0 amide bonds. The van der Waals surface area contributed by atoms with E-state index in [0.717, 1.165) is 19.3 Å². The van der Waals surface area contributed by atoms with Gasteiger partial charge in [-0.3, -0.25) is 0 Å². The van der Waals surface area contributed by atoms with Crippen LogP contribution < -0.4 is 0 Å². The molecule has 0 aliphatic carbocycles. The summed E-state index contributed by atoms with van der Waals surface area (Å²) in [6.45, 7) is 3.72. The molecule has 1 atom stereocenters. The van der Waals surface area contributed by atoms with Crippen molar-refractivity contribution in [3.05, 3.63) is 5.57 Å². The lowest BCUT2D eigenvalue weighted by atomic mass is 10.1. The molecule has 0 radical (unpaired) electrons. The Bertz CT molecular complexity index is 146. The number of aliphatic hydroxyl groups excluding tert-OH is 1. The second-order valence-electron chi connectivity index (χ2n) is 2.80. The van der Waals surface area contributed by atoms with Gasteiger partial charge in [0, 0.05) is 5.57 Å². The Morgan fingerprint density at radius 3 is 2.64 bits per heavy atom. The van der Waals surface area contributed by atoms with Crippen LogP contribution in [0.4, 0.5) is 0 Å². The van der Waals surface area contributed by atoms with Gasteiger partial charge < -0.3 is 5.11 Å². The second-order valence-corrected chi connectivity index (χ2v) is 2.80. The molecule has 2 nitrogen and oxygen atoms in total. The molecule has 0 heterocycles. The molecular weight excluding hydrogens is 140 g/mol. The zero-order valence-electron chi connectivity index (χ0n) is 7.26. The van der Waals surface area contributed by atoms with Crippen molar-refractivity contribution in [3.63, 3.8) is 0 Å². The summed E-state index contributed by atoms with van der Waals surface area (Å²) in [5, 5.41) is 9.24. The molecule has 2 heteroatoms. The zero-order chi connectivity index (χ0) is 8.69. The quantitative estimate of drug-likeness (QED) is 0.486. The van der Waals surface area contributed by atoms with Crippen LogP contribution in [0.25, 0.3) is 0 Å². The van der Waals surface area contributed by atoms with Gasteiger partial charge in [0.25, 0.3) is 0 Å². The number of unbranched alkanes of at least 4 members (excludes halogenated alkanes) is 2. The molecular formula is C9H16O2. The van der Waals surface area contributed by atoms with Crippen molar-refractivity contribution in [3.8, 4) is 0 Å². The van der Waals surface area contributed by atoms with Gasteiger partial charge in [0.15, 0.2) is 0 Å². The maximum absolute atomic E-state index is 10.1. The average Bonchev–Trinajstić information content (AvgIpc) is 2.03. The lowest BCUT2D eigenvalue weighted by Crippen LogP contribution is -2.07. The molecule has 0 fully saturated rings. The van der Waals surface area contributed by atoms with Crippen molar-refractivity contribution in [1.29, 1.82) is 0 Å². The highest BCUT2D eigenvalue weighted by Gasteiger charge is 2.05. The summed E-state index contributed by atoms with van der Waals surface area (Å²) in [7, 11) is 0. The molecule has 0 bridgehead atoms. The maximum Gasteiger partial charge on any atom is 0.125 e. The third-order valence-corrected chi connectivity index (χ3v) is 1.74. The highest BCUT2D eigenvalue weighted by atomic mass is 16.3. The molecule has 0 aliphatic rings. The lowest BCUT2D eigenvalue weighted by molar-refractivity contribution is 0.197. The van der Waals surface area contributed by atoms with Crippen LogP contribution >= 0.6 is 0 Å². The lowest BCUT2D eigenvalue weighted by Gasteiger charge is -2.06. The van der Waals surface area contributed by atoms with Crippen molar-refractivity contribution >= 4 is 5.94 Å². The second kappa shape index (κ2) is 6.14. The molecule has 0 aromatic carbocycles. The van der Waals surface area contributed by atoms with Gasteiger partial charge >= 0.3 is 0 Å². The van der Waals surface area contributed by atoms with Gasteiger partial charge in [-0.05, 0) is 13.3 Å². The Morgan fingerprint density at radius 1 is 1.55 bits per heavy atom. The fraction of sp³-hybridized carbons (Fsp3) is 0.778. The standard InChI is InChI=1S/C9H16O2/c1-3-4-5-6-9(11)8(2)7-10/h9,11H,3-6H2,1-2H3. The number of hydrogen-bond donors (Lipinski definition) is 1. The minimum Gasteiger partial charge on any atom is -0.388 e. The minimum atomic E-state index is -0.570. The van der Waals surface area contributed by atoms with Crippen LogP contribution in [-0.2, 0) is 4.79 Å². The summed E-state index contributed by atoms with van der Waals surface area (Å²) in [5.74, 6) is 1.71. The van der Waals surface area contributed by atoms with E-state index in [0.29, 0.717) is 12.0 Å². The smallest absolute Gasteiger partial charge is 0.125 e. The molecule has 1 unspecified atom stereocenters. The highest BCUT2D eigenvalue weighted by molar-refractivity contribution is 5.52. The van der Waals surface area contributed by atoms with E-state index in [4.69, 9.17) is 0 Å². The van der Waals surface area contributed by atoms with Crippen molar-refractivity contribution in [1.82, 2.24) is 0 Å². The Balaban J connectivity index is 3.52. The van der Waals surface area contributed by atoms with E-state index in [1.54, 1.807) is 12.9 Å². The highest BCUT2D eigenvalue weighted by Crippen LogP contribution is 2.07. The summed E-state index contributed by atoms with van der Waals surface area (Å²) < 4.78 is 0. The topological polar surface area (TPSA) is 37.3 Å². The molecule has 1 N–H and O–H groups in total. The Kier molecular flexibility index (Phi) is 5.81. The van der Waals surface area contributed by atoms with E-state index in [2.05, 4.69) is 6.92 Å². The number of hydrogen-bond acceptors (Lipinski definition) is 2. The minimum absolute atomic E-state index is 0.418. The maximum atomic E-state index is 10.1. The molecule has 0 saturated heterocycles. The largest absolute Gasteiger partial charge is 0.388 e. The molecule has 64 valence electrons. The summed E-state index contributed by atoms with van der Waals surface area (Å²) >= 11 is 0. The number of rotatable bonds is 5. The van der Waals surface area contributed by atoms with Crippen molar-refractivity contribution < 1.29 is 9.90 Å². The van der Waals surface area contributed by atoms with Crippen LogP contribution in [0.15, 0.2) is 5.57 Å². The van der Waals surface area contributed by atoms with Gasteiger partial charge in [0.1, 0.15) is 5.94 Å². The molecule has 0 rings (SSSR count). The summed E-state index contributed by atoms with van der Waals surface area (Å²) in [6.07, 6.45) is 3.35. The SMILES string of the molecule is CCCCCC(O)C(C)=C=O. The fourth-order valence-corrected chi connectivity index (χ4v) is 0.872. The number of carbonyl (C=O) groups excluding carboxylic acids is 1. The first-order valence-corrected chi connectivity index (χ1v) is 4.12. The molecule has 0 spiro atoms. The third kappa shape index (κ3) is 4.77. The predicted octanol–water partition coefficient (Wildman–Crippen LogP) is 1.71. The van der Waals surface area contributed by atoms with E-state index in [9.17, 15) is 9.90 Å². The van der Waals surface area contributed by atoms with Crippen LogP contribution in [0.1, 0.15) is 39.5 Å². The first kappa shape index (κ1) is 10.4. The van der Waals surface area contributed by atoms with Crippen LogP contribution in [0.3, 0.4) is 0 Å². The molecule has 0 aromatic rings. The summed E-state index contributed by atoms with van der Waals surface area (Å²) in [5.41, 5.74) is 0.418.